The number of rotatable bonds is 5. The summed E-state index contributed by atoms with van der Waals surface area (Å²) in [4.78, 5) is 24.0. The van der Waals surface area contributed by atoms with Crippen LogP contribution in [0.2, 0.25) is 0 Å². The maximum Gasteiger partial charge on any atom is 0.269 e. The van der Waals surface area contributed by atoms with Gasteiger partial charge in [0.25, 0.3) is 5.69 Å². The van der Waals surface area contributed by atoms with Gasteiger partial charge in [0.15, 0.2) is 0 Å². The Balaban J connectivity index is 2.00. The quantitative estimate of drug-likeness (QED) is 0.480. The molecule has 2 aromatic carbocycles. The zero-order chi connectivity index (χ0) is 16.1. The maximum absolute atomic E-state index is 13.5. The molecule has 2 rings (SSSR count). The first-order valence-electron chi connectivity index (χ1n) is 6.37. The normalized spacial score (nSPS) is 10.3. The third-order valence-corrected chi connectivity index (χ3v) is 4.04. The lowest BCUT2D eigenvalue weighted by Gasteiger charge is -2.17. The van der Waals surface area contributed by atoms with Crippen molar-refractivity contribution in [3.63, 3.8) is 0 Å². The van der Waals surface area contributed by atoms with Crippen LogP contribution in [0.3, 0.4) is 0 Å². The van der Waals surface area contributed by atoms with Crippen LogP contribution in [0.1, 0.15) is 0 Å². The van der Waals surface area contributed by atoms with Gasteiger partial charge in [-0.3, -0.25) is 14.9 Å². The maximum atomic E-state index is 13.5. The van der Waals surface area contributed by atoms with Crippen molar-refractivity contribution in [2.75, 3.05) is 17.7 Å². The lowest BCUT2D eigenvalue weighted by Crippen LogP contribution is -2.27. The number of carbonyl (C=O) groups excluding carboxylic acids is 1. The number of hydrogen-bond donors (Lipinski definition) is 0. The van der Waals surface area contributed by atoms with E-state index in [0.717, 1.165) is 11.8 Å². The number of nitro groups is 1. The van der Waals surface area contributed by atoms with Gasteiger partial charge in [-0.05, 0) is 24.3 Å². The number of carbonyl (C=O) groups is 1. The lowest BCUT2D eigenvalue weighted by molar-refractivity contribution is -0.384. The van der Waals surface area contributed by atoms with Crippen molar-refractivity contribution in [1.29, 1.82) is 0 Å². The number of nitrogens with zero attached hydrogens (tertiary/aromatic N) is 2. The SMILES string of the molecule is CN(C(=O)CSc1ccccc1F)c1ccc([N+](=O)[O-])cc1. The van der Waals surface area contributed by atoms with Gasteiger partial charge in [-0.1, -0.05) is 12.1 Å². The molecule has 114 valence electrons. The Morgan fingerprint density at radius 2 is 1.86 bits per heavy atom. The van der Waals surface area contributed by atoms with E-state index in [4.69, 9.17) is 0 Å². The summed E-state index contributed by atoms with van der Waals surface area (Å²) < 4.78 is 13.5. The second-order valence-electron chi connectivity index (χ2n) is 4.45. The fraction of sp³-hybridized carbons (Fsp3) is 0.133. The van der Waals surface area contributed by atoms with Crippen molar-refractivity contribution in [3.05, 3.63) is 64.5 Å². The highest BCUT2D eigenvalue weighted by Crippen LogP contribution is 2.23. The van der Waals surface area contributed by atoms with Gasteiger partial charge in [-0.25, -0.2) is 4.39 Å². The van der Waals surface area contributed by atoms with E-state index in [0.29, 0.717) is 10.6 Å². The van der Waals surface area contributed by atoms with E-state index in [1.165, 1.54) is 35.2 Å². The molecule has 0 heterocycles. The van der Waals surface area contributed by atoms with Gasteiger partial charge >= 0.3 is 0 Å². The molecule has 0 saturated heterocycles. The lowest BCUT2D eigenvalue weighted by atomic mass is 10.2. The van der Waals surface area contributed by atoms with E-state index in [2.05, 4.69) is 0 Å². The summed E-state index contributed by atoms with van der Waals surface area (Å²) in [5, 5.41) is 10.6. The first-order valence-corrected chi connectivity index (χ1v) is 7.36. The molecule has 0 atom stereocenters. The Morgan fingerprint density at radius 1 is 1.23 bits per heavy atom. The topological polar surface area (TPSA) is 63.5 Å². The molecule has 0 aliphatic carbocycles. The molecular weight excluding hydrogens is 307 g/mol. The third kappa shape index (κ3) is 3.82. The van der Waals surface area contributed by atoms with E-state index < -0.39 is 4.92 Å². The van der Waals surface area contributed by atoms with Crippen molar-refractivity contribution in [2.24, 2.45) is 0 Å². The van der Waals surface area contributed by atoms with Crippen LogP contribution in [0.5, 0.6) is 0 Å². The van der Waals surface area contributed by atoms with Crippen LogP contribution in [0.25, 0.3) is 0 Å². The van der Waals surface area contributed by atoms with E-state index in [1.54, 1.807) is 25.2 Å². The summed E-state index contributed by atoms with van der Waals surface area (Å²) in [5.41, 5.74) is 0.509. The predicted molar refractivity (Wildman–Crippen MR) is 83.6 cm³/mol. The van der Waals surface area contributed by atoms with Crippen molar-refractivity contribution < 1.29 is 14.1 Å². The summed E-state index contributed by atoms with van der Waals surface area (Å²) >= 11 is 1.11. The molecule has 5 nitrogen and oxygen atoms in total. The highest BCUT2D eigenvalue weighted by atomic mass is 32.2. The van der Waals surface area contributed by atoms with E-state index in [1.807, 2.05) is 0 Å². The molecule has 0 aromatic heterocycles. The first kappa shape index (κ1) is 16.0. The smallest absolute Gasteiger partial charge is 0.269 e. The van der Waals surface area contributed by atoms with Gasteiger partial charge in [-0.15, -0.1) is 11.8 Å². The molecule has 1 amide bonds. The molecule has 0 aliphatic rings. The average Bonchev–Trinajstić information content (AvgIpc) is 2.53. The van der Waals surface area contributed by atoms with Crippen LogP contribution < -0.4 is 4.90 Å². The van der Waals surface area contributed by atoms with Crippen LogP contribution in [-0.4, -0.2) is 23.6 Å². The minimum Gasteiger partial charge on any atom is -0.315 e. The second kappa shape index (κ2) is 7.04. The molecule has 0 N–H and O–H groups in total. The zero-order valence-electron chi connectivity index (χ0n) is 11.7. The fourth-order valence-corrected chi connectivity index (χ4v) is 2.59. The van der Waals surface area contributed by atoms with Crippen molar-refractivity contribution in [2.45, 2.75) is 4.90 Å². The number of halogens is 1. The Morgan fingerprint density at radius 3 is 2.45 bits per heavy atom. The Hall–Kier alpha value is -2.41. The number of anilines is 1. The van der Waals surface area contributed by atoms with Crippen LogP contribution in [0.4, 0.5) is 15.8 Å². The third-order valence-electron chi connectivity index (χ3n) is 3.01. The number of non-ortho nitro benzene ring substituents is 1. The number of hydrogen-bond acceptors (Lipinski definition) is 4. The van der Waals surface area contributed by atoms with Gasteiger partial charge in [0.05, 0.1) is 10.7 Å². The highest BCUT2D eigenvalue weighted by Gasteiger charge is 2.14. The molecule has 0 fully saturated rings. The minimum atomic E-state index is -0.500. The molecule has 0 radical (unpaired) electrons. The highest BCUT2D eigenvalue weighted by molar-refractivity contribution is 8.00. The first-order chi connectivity index (χ1) is 10.5. The molecule has 2 aromatic rings. The van der Waals surface area contributed by atoms with E-state index >= 15 is 0 Å². The summed E-state index contributed by atoms with van der Waals surface area (Å²) in [6.45, 7) is 0. The fourth-order valence-electron chi connectivity index (χ4n) is 1.74. The second-order valence-corrected chi connectivity index (χ2v) is 5.46. The standard InChI is InChI=1S/C15H13FN2O3S/c1-17(11-6-8-12(9-7-11)18(20)21)15(19)10-22-14-5-3-2-4-13(14)16/h2-9H,10H2,1H3. The largest absolute Gasteiger partial charge is 0.315 e. The summed E-state index contributed by atoms with van der Waals surface area (Å²) in [6, 6.07) is 11.9. The van der Waals surface area contributed by atoms with E-state index in [-0.39, 0.29) is 23.2 Å². The summed E-state index contributed by atoms with van der Waals surface area (Å²) in [5.74, 6) is -0.505. The van der Waals surface area contributed by atoms with Crippen LogP contribution in [-0.2, 0) is 4.79 Å². The number of nitro benzene ring substituents is 1. The molecule has 0 aliphatic heterocycles. The van der Waals surface area contributed by atoms with Crippen molar-refractivity contribution >= 4 is 29.0 Å². The zero-order valence-corrected chi connectivity index (χ0v) is 12.5. The molecule has 0 spiro atoms. The van der Waals surface area contributed by atoms with Gasteiger partial charge in [0, 0.05) is 29.8 Å². The molecule has 22 heavy (non-hydrogen) atoms. The van der Waals surface area contributed by atoms with Crippen molar-refractivity contribution in [3.8, 4) is 0 Å². The Kier molecular flexibility index (Phi) is 5.11. The van der Waals surface area contributed by atoms with Gasteiger partial charge in [-0.2, -0.15) is 0 Å². The summed E-state index contributed by atoms with van der Waals surface area (Å²) in [6.07, 6.45) is 0. The number of amides is 1. The molecule has 0 unspecified atom stereocenters. The Bertz CT molecular complexity index is 691. The van der Waals surface area contributed by atoms with Crippen LogP contribution in [0, 0.1) is 15.9 Å². The average molecular weight is 320 g/mol. The van der Waals surface area contributed by atoms with Gasteiger partial charge in [0.1, 0.15) is 5.82 Å². The number of benzene rings is 2. The van der Waals surface area contributed by atoms with Gasteiger partial charge in [0.2, 0.25) is 5.91 Å². The number of thioether (sulfide) groups is 1. The molecule has 0 bridgehead atoms. The van der Waals surface area contributed by atoms with E-state index in [9.17, 15) is 19.3 Å². The van der Waals surface area contributed by atoms with Gasteiger partial charge < -0.3 is 4.90 Å². The Labute approximate surface area is 130 Å². The summed E-state index contributed by atoms with van der Waals surface area (Å²) in [7, 11) is 1.57. The molecule has 7 heteroatoms. The minimum absolute atomic E-state index is 0.0367. The molecular formula is C15H13FN2O3S. The van der Waals surface area contributed by atoms with Crippen molar-refractivity contribution in [1.82, 2.24) is 0 Å². The predicted octanol–water partition coefficient (Wildman–Crippen LogP) is 3.49. The van der Waals surface area contributed by atoms with Crippen LogP contribution >= 0.6 is 11.8 Å². The van der Waals surface area contributed by atoms with Crippen LogP contribution in [0.15, 0.2) is 53.4 Å². The molecule has 0 saturated carbocycles. The monoisotopic (exact) mass is 320 g/mol.